The number of hydrogen-bond donors (Lipinski definition) is 1. The van der Waals surface area contributed by atoms with E-state index in [2.05, 4.69) is 39.9 Å². The monoisotopic (exact) mass is 255 g/mol. The molecule has 0 amide bonds. The summed E-state index contributed by atoms with van der Waals surface area (Å²) in [6.07, 6.45) is 11.4. The first-order valence-corrected chi connectivity index (χ1v) is 8.36. The number of hydrogen-bond acceptors (Lipinski definition) is 1. The van der Waals surface area contributed by atoms with Crippen LogP contribution < -0.4 is 5.32 Å². The lowest BCUT2D eigenvalue weighted by molar-refractivity contribution is 0.268. The molecule has 2 atom stereocenters. The molecule has 1 nitrogen and oxygen atoms in total. The van der Waals surface area contributed by atoms with Gasteiger partial charge in [-0.1, -0.05) is 72.6 Å². The molecule has 18 heavy (non-hydrogen) atoms. The smallest absolute Gasteiger partial charge is 0.00693 e. The molecule has 2 unspecified atom stereocenters. The van der Waals surface area contributed by atoms with Gasteiger partial charge in [0.25, 0.3) is 0 Å². The molecule has 0 aliphatic heterocycles. The molecule has 0 aliphatic carbocycles. The van der Waals surface area contributed by atoms with Crippen LogP contribution in [-0.2, 0) is 0 Å². The minimum atomic E-state index is 0.676. The van der Waals surface area contributed by atoms with Gasteiger partial charge in [-0.3, -0.25) is 0 Å². The van der Waals surface area contributed by atoms with E-state index in [-0.39, 0.29) is 0 Å². The molecule has 0 fully saturated rings. The SMILES string of the molecule is CCCCCCCCCC(C(C)C)C(C)NCC. The lowest BCUT2D eigenvalue weighted by Gasteiger charge is -2.28. The van der Waals surface area contributed by atoms with Gasteiger partial charge in [-0.2, -0.15) is 0 Å². The predicted molar refractivity (Wildman–Crippen MR) is 84.1 cm³/mol. The lowest BCUT2D eigenvalue weighted by Crippen LogP contribution is -2.36. The summed E-state index contributed by atoms with van der Waals surface area (Å²) in [5.74, 6) is 1.65. The molecule has 0 aliphatic rings. The quantitative estimate of drug-likeness (QED) is 0.461. The van der Waals surface area contributed by atoms with Crippen LogP contribution in [0.1, 0.15) is 86.0 Å². The molecule has 0 bridgehead atoms. The van der Waals surface area contributed by atoms with Gasteiger partial charge in [-0.15, -0.1) is 0 Å². The minimum absolute atomic E-state index is 0.676. The fourth-order valence-electron chi connectivity index (χ4n) is 2.97. The highest BCUT2D eigenvalue weighted by Crippen LogP contribution is 2.23. The first-order valence-electron chi connectivity index (χ1n) is 8.36. The van der Waals surface area contributed by atoms with Gasteiger partial charge in [-0.25, -0.2) is 0 Å². The van der Waals surface area contributed by atoms with Crippen LogP contribution in [-0.4, -0.2) is 12.6 Å². The lowest BCUT2D eigenvalue weighted by atomic mass is 9.84. The Morgan fingerprint density at radius 3 is 1.83 bits per heavy atom. The third kappa shape index (κ3) is 8.97. The third-order valence-corrected chi connectivity index (χ3v) is 4.17. The topological polar surface area (TPSA) is 12.0 Å². The summed E-state index contributed by atoms with van der Waals surface area (Å²) in [4.78, 5) is 0. The van der Waals surface area contributed by atoms with Crippen LogP contribution >= 0.6 is 0 Å². The standard InChI is InChI=1S/C17H37N/c1-6-8-9-10-11-12-13-14-17(15(3)4)16(5)18-7-2/h15-18H,6-14H2,1-5H3. The molecule has 0 heterocycles. The van der Waals surface area contributed by atoms with E-state index in [1.807, 2.05) is 0 Å². The molecule has 0 aromatic heterocycles. The van der Waals surface area contributed by atoms with Crippen LogP contribution in [0.25, 0.3) is 0 Å². The van der Waals surface area contributed by atoms with Crippen molar-refractivity contribution in [1.29, 1.82) is 0 Å². The molecule has 0 saturated carbocycles. The van der Waals surface area contributed by atoms with E-state index in [0.717, 1.165) is 18.4 Å². The van der Waals surface area contributed by atoms with E-state index in [9.17, 15) is 0 Å². The predicted octanol–water partition coefficient (Wildman–Crippen LogP) is 5.40. The summed E-state index contributed by atoms with van der Waals surface area (Å²) < 4.78 is 0. The molecule has 0 radical (unpaired) electrons. The molecular weight excluding hydrogens is 218 g/mol. The zero-order valence-corrected chi connectivity index (χ0v) is 13.6. The highest BCUT2D eigenvalue weighted by Gasteiger charge is 2.19. The van der Waals surface area contributed by atoms with E-state index in [0.29, 0.717) is 6.04 Å². The Hall–Kier alpha value is -0.0400. The van der Waals surface area contributed by atoms with Crippen molar-refractivity contribution >= 4 is 0 Å². The highest BCUT2D eigenvalue weighted by molar-refractivity contribution is 4.74. The molecular formula is C17H37N. The Labute approximate surface area is 116 Å². The number of unbranched alkanes of at least 4 members (excludes halogenated alkanes) is 6. The van der Waals surface area contributed by atoms with Crippen LogP contribution in [0.4, 0.5) is 0 Å². The van der Waals surface area contributed by atoms with Crippen LogP contribution in [0.5, 0.6) is 0 Å². The maximum absolute atomic E-state index is 3.60. The molecule has 110 valence electrons. The van der Waals surface area contributed by atoms with Crippen LogP contribution in [0, 0.1) is 11.8 Å². The average Bonchev–Trinajstić information content (AvgIpc) is 2.32. The Balaban J connectivity index is 3.64. The van der Waals surface area contributed by atoms with E-state index in [1.165, 1.54) is 51.4 Å². The zero-order chi connectivity index (χ0) is 13.8. The molecule has 1 N–H and O–H groups in total. The average molecular weight is 255 g/mol. The first kappa shape index (κ1) is 18.0. The maximum Gasteiger partial charge on any atom is 0.00693 e. The fourth-order valence-corrected chi connectivity index (χ4v) is 2.97. The molecule has 0 aromatic rings. The third-order valence-electron chi connectivity index (χ3n) is 4.17. The van der Waals surface area contributed by atoms with Crippen molar-refractivity contribution in [2.24, 2.45) is 11.8 Å². The van der Waals surface area contributed by atoms with E-state index in [1.54, 1.807) is 0 Å². The fraction of sp³-hybridized carbons (Fsp3) is 1.00. The Kier molecular flexibility index (Phi) is 12.0. The first-order chi connectivity index (χ1) is 8.63. The van der Waals surface area contributed by atoms with Crippen molar-refractivity contribution in [1.82, 2.24) is 5.32 Å². The normalized spacial score (nSPS) is 15.0. The Bertz CT molecular complexity index is 165. The van der Waals surface area contributed by atoms with Gasteiger partial charge in [0.15, 0.2) is 0 Å². The van der Waals surface area contributed by atoms with Gasteiger partial charge < -0.3 is 5.32 Å². The second-order valence-electron chi connectivity index (χ2n) is 6.16. The van der Waals surface area contributed by atoms with Crippen molar-refractivity contribution in [2.75, 3.05) is 6.54 Å². The van der Waals surface area contributed by atoms with E-state index >= 15 is 0 Å². The molecule has 0 saturated heterocycles. The van der Waals surface area contributed by atoms with Crippen LogP contribution in [0.2, 0.25) is 0 Å². The second-order valence-corrected chi connectivity index (χ2v) is 6.16. The molecule has 1 heteroatoms. The summed E-state index contributed by atoms with van der Waals surface area (Å²) in [6, 6.07) is 0.676. The molecule has 0 rings (SSSR count). The number of nitrogens with one attached hydrogen (secondary N) is 1. The number of rotatable bonds is 12. The van der Waals surface area contributed by atoms with Crippen molar-refractivity contribution in [2.45, 2.75) is 92.0 Å². The summed E-state index contributed by atoms with van der Waals surface area (Å²) in [5.41, 5.74) is 0. The van der Waals surface area contributed by atoms with Gasteiger partial charge >= 0.3 is 0 Å². The van der Waals surface area contributed by atoms with E-state index in [4.69, 9.17) is 0 Å². The van der Waals surface area contributed by atoms with Gasteiger partial charge in [0.05, 0.1) is 0 Å². The van der Waals surface area contributed by atoms with Crippen molar-refractivity contribution < 1.29 is 0 Å². The van der Waals surface area contributed by atoms with Crippen LogP contribution in [0.15, 0.2) is 0 Å². The molecule has 0 aromatic carbocycles. The summed E-state index contributed by atoms with van der Waals surface area (Å²) in [6.45, 7) is 12.7. The van der Waals surface area contributed by atoms with Gasteiger partial charge in [0, 0.05) is 6.04 Å². The van der Waals surface area contributed by atoms with Gasteiger partial charge in [0.1, 0.15) is 0 Å². The Morgan fingerprint density at radius 2 is 1.33 bits per heavy atom. The summed E-state index contributed by atoms with van der Waals surface area (Å²) in [5, 5.41) is 3.60. The van der Waals surface area contributed by atoms with Gasteiger partial charge in [-0.05, 0) is 31.7 Å². The van der Waals surface area contributed by atoms with Crippen molar-refractivity contribution in [3.8, 4) is 0 Å². The van der Waals surface area contributed by atoms with Crippen LogP contribution in [0.3, 0.4) is 0 Å². The summed E-state index contributed by atoms with van der Waals surface area (Å²) in [7, 11) is 0. The Morgan fingerprint density at radius 1 is 0.778 bits per heavy atom. The maximum atomic E-state index is 3.60. The highest BCUT2D eigenvalue weighted by atomic mass is 14.9. The van der Waals surface area contributed by atoms with Crippen molar-refractivity contribution in [3.05, 3.63) is 0 Å². The minimum Gasteiger partial charge on any atom is -0.314 e. The molecule has 0 spiro atoms. The zero-order valence-electron chi connectivity index (χ0n) is 13.6. The largest absolute Gasteiger partial charge is 0.314 e. The van der Waals surface area contributed by atoms with E-state index < -0.39 is 0 Å². The summed E-state index contributed by atoms with van der Waals surface area (Å²) >= 11 is 0. The second kappa shape index (κ2) is 12.0. The van der Waals surface area contributed by atoms with Gasteiger partial charge in [0.2, 0.25) is 0 Å². The van der Waals surface area contributed by atoms with Crippen molar-refractivity contribution in [3.63, 3.8) is 0 Å².